The van der Waals surface area contributed by atoms with Gasteiger partial charge in [-0.2, -0.15) is 5.10 Å². The summed E-state index contributed by atoms with van der Waals surface area (Å²) < 4.78 is 43.1. The van der Waals surface area contributed by atoms with Crippen molar-refractivity contribution in [3.8, 4) is 11.6 Å². The molecule has 2 aromatic heterocycles. The maximum atomic E-state index is 12.5. The average Bonchev–Trinajstić information content (AvgIpc) is 3.02. The molecule has 3 aromatic rings. The Labute approximate surface area is 176 Å². The predicted octanol–water partition coefficient (Wildman–Crippen LogP) is 3.33. The summed E-state index contributed by atoms with van der Waals surface area (Å²) in [5.74, 6) is 0.438. The van der Waals surface area contributed by atoms with Gasteiger partial charge < -0.3 is 15.4 Å². The molecule has 0 unspecified atom stereocenters. The van der Waals surface area contributed by atoms with Crippen LogP contribution in [0.3, 0.4) is 0 Å². The fourth-order valence-electron chi connectivity index (χ4n) is 2.94. The summed E-state index contributed by atoms with van der Waals surface area (Å²) in [6, 6.07) is 8.82. The highest BCUT2D eigenvalue weighted by Crippen LogP contribution is 2.26. The third kappa shape index (κ3) is 5.93. The molecule has 0 fully saturated rings. The van der Waals surface area contributed by atoms with E-state index in [0.29, 0.717) is 24.0 Å². The number of anilines is 1. The Morgan fingerprint density at radius 2 is 1.84 bits per heavy atom. The minimum atomic E-state index is -4.88. The second-order valence-corrected chi connectivity index (χ2v) is 6.72. The number of halogens is 3. The van der Waals surface area contributed by atoms with Crippen LogP contribution in [-0.2, 0) is 0 Å². The number of amides is 1. The first-order chi connectivity index (χ1) is 14.6. The Morgan fingerprint density at radius 3 is 2.52 bits per heavy atom. The molecular formula is C20H21F3N6O2. The molecule has 0 bridgehead atoms. The summed E-state index contributed by atoms with van der Waals surface area (Å²) >= 11 is 0. The van der Waals surface area contributed by atoms with Crippen LogP contribution in [0.1, 0.15) is 27.6 Å². The lowest BCUT2D eigenvalue weighted by Crippen LogP contribution is -2.30. The smallest absolute Gasteiger partial charge is 0.405 e. The summed E-state index contributed by atoms with van der Waals surface area (Å²) in [6.45, 7) is 6.00. The first-order valence-corrected chi connectivity index (χ1v) is 9.38. The SMILES string of the molecule is Cc1cc(C)n(-c2cc(NCCNC(=O)c3ccccc3OC(F)(F)F)nc(C)n2)n1. The number of carbonyl (C=O) groups excluding carboxylic acids is 1. The molecule has 2 N–H and O–H groups in total. The number of ether oxygens (including phenoxy) is 1. The van der Waals surface area contributed by atoms with Crippen LogP contribution in [0, 0.1) is 20.8 Å². The van der Waals surface area contributed by atoms with Crippen molar-refractivity contribution in [2.75, 3.05) is 18.4 Å². The highest BCUT2D eigenvalue weighted by molar-refractivity contribution is 5.96. The number of nitrogens with zero attached hydrogens (tertiary/aromatic N) is 4. The van der Waals surface area contributed by atoms with Crippen LogP contribution in [0.4, 0.5) is 19.0 Å². The van der Waals surface area contributed by atoms with Crippen LogP contribution in [0.25, 0.3) is 5.82 Å². The number of rotatable bonds is 7. The van der Waals surface area contributed by atoms with E-state index >= 15 is 0 Å². The van der Waals surface area contributed by atoms with Crippen molar-refractivity contribution >= 4 is 11.7 Å². The number of aromatic nitrogens is 4. The number of carbonyl (C=O) groups is 1. The largest absolute Gasteiger partial charge is 0.573 e. The number of aryl methyl sites for hydroxylation is 3. The zero-order valence-corrected chi connectivity index (χ0v) is 17.1. The molecule has 0 saturated heterocycles. The molecule has 0 aliphatic rings. The van der Waals surface area contributed by atoms with Gasteiger partial charge in [0, 0.05) is 24.8 Å². The van der Waals surface area contributed by atoms with E-state index in [0.717, 1.165) is 17.5 Å². The fraction of sp³-hybridized carbons (Fsp3) is 0.300. The van der Waals surface area contributed by atoms with Crippen molar-refractivity contribution in [3.05, 3.63) is 59.2 Å². The highest BCUT2D eigenvalue weighted by Gasteiger charge is 2.32. The Bertz CT molecular complexity index is 1080. The molecule has 0 saturated carbocycles. The van der Waals surface area contributed by atoms with E-state index in [1.54, 1.807) is 17.7 Å². The van der Waals surface area contributed by atoms with Crippen LogP contribution < -0.4 is 15.4 Å². The Kier molecular flexibility index (Phi) is 6.42. The van der Waals surface area contributed by atoms with Crippen LogP contribution >= 0.6 is 0 Å². The summed E-state index contributed by atoms with van der Waals surface area (Å²) in [4.78, 5) is 21.0. The van der Waals surface area contributed by atoms with Gasteiger partial charge in [0.25, 0.3) is 5.91 Å². The average molecular weight is 434 g/mol. The Balaban J connectivity index is 1.61. The second-order valence-electron chi connectivity index (χ2n) is 6.72. The zero-order chi connectivity index (χ0) is 22.6. The van der Waals surface area contributed by atoms with Crippen molar-refractivity contribution in [2.45, 2.75) is 27.1 Å². The van der Waals surface area contributed by atoms with E-state index in [-0.39, 0.29) is 12.1 Å². The normalized spacial score (nSPS) is 11.3. The quantitative estimate of drug-likeness (QED) is 0.554. The number of alkyl halides is 3. The molecule has 1 amide bonds. The van der Waals surface area contributed by atoms with Crippen LogP contribution in [0.2, 0.25) is 0 Å². The van der Waals surface area contributed by atoms with Crippen molar-refractivity contribution in [3.63, 3.8) is 0 Å². The monoisotopic (exact) mass is 434 g/mol. The van der Waals surface area contributed by atoms with Gasteiger partial charge in [0.05, 0.1) is 11.3 Å². The molecular weight excluding hydrogens is 413 g/mol. The standard InChI is InChI=1S/C20H21F3N6O2/c1-12-10-13(2)29(28-12)18-11-17(26-14(3)27-18)24-8-9-25-19(30)15-6-4-5-7-16(15)31-20(21,22)23/h4-7,10-11H,8-9H2,1-3H3,(H,25,30)(H,24,26,27). The summed E-state index contributed by atoms with van der Waals surface area (Å²) in [6.07, 6.45) is -4.88. The molecule has 1 aromatic carbocycles. The van der Waals surface area contributed by atoms with Crippen LogP contribution in [-0.4, -0.2) is 45.1 Å². The lowest BCUT2D eigenvalue weighted by Gasteiger charge is -2.13. The van der Waals surface area contributed by atoms with Crippen molar-refractivity contribution in [1.29, 1.82) is 0 Å². The molecule has 8 nitrogen and oxygen atoms in total. The van der Waals surface area contributed by atoms with Crippen molar-refractivity contribution < 1.29 is 22.7 Å². The van der Waals surface area contributed by atoms with Gasteiger partial charge in [-0.3, -0.25) is 4.79 Å². The molecule has 31 heavy (non-hydrogen) atoms. The molecule has 3 rings (SSSR count). The van der Waals surface area contributed by atoms with Crippen LogP contribution in [0.15, 0.2) is 36.4 Å². The summed E-state index contributed by atoms with van der Waals surface area (Å²) in [5, 5.41) is 10.0. The van der Waals surface area contributed by atoms with Gasteiger partial charge in [-0.15, -0.1) is 13.2 Å². The van der Waals surface area contributed by atoms with Crippen molar-refractivity contribution in [1.82, 2.24) is 25.1 Å². The van der Waals surface area contributed by atoms with E-state index in [4.69, 9.17) is 0 Å². The van der Waals surface area contributed by atoms with E-state index in [9.17, 15) is 18.0 Å². The summed E-state index contributed by atoms with van der Waals surface area (Å²) in [7, 11) is 0. The van der Waals surface area contributed by atoms with Crippen molar-refractivity contribution in [2.24, 2.45) is 0 Å². The second kappa shape index (κ2) is 9.02. The van der Waals surface area contributed by atoms with Crippen LogP contribution in [0.5, 0.6) is 5.75 Å². The number of hydrogen-bond donors (Lipinski definition) is 2. The third-order valence-corrected chi connectivity index (χ3v) is 4.13. The number of benzene rings is 1. The molecule has 2 heterocycles. The maximum absolute atomic E-state index is 12.5. The zero-order valence-electron chi connectivity index (χ0n) is 17.1. The molecule has 11 heteroatoms. The van der Waals surface area contributed by atoms with Gasteiger partial charge in [0.2, 0.25) is 0 Å². The lowest BCUT2D eigenvalue weighted by molar-refractivity contribution is -0.274. The highest BCUT2D eigenvalue weighted by atomic mass is 19.4. The van der Waals surface area contributed by atoms with Gasteiger partial charge >= 0.3 is 6.36 Å². The molecule has 0 aliphatic heterocycles. The molecule has 0 atom stereocenters. The fourth-order valence-corrected chi connectivity index (χ4v) is 2.94. The molecule has 164 valence electrons. The van der Waals surface area contributed by atoms with E-state index in [1.165, 1.54) is 18.2 Å². The topological polar surface area (TPSA) is 94.0 Å². The predicted molar refractivity (Wildman–Crippen MR) is 107 cm³/mol. The first-order valence-electron chi connectivity index (χ1n) is 9.38. The van der Waals surface area contributed by atoms with E-state index in [1.807, 2.05) is 19.9 Å². The minimum Gasteiger partial charge on any atom is -0.405 e. The number of hydrogen-bond acceptors (Lipinski definition) is 6. The van der Waals surface area contributed by atoms with Gasteiger partial charge in [0.15, 0.2) is 5.82 Å². The first kappa shape index (κ1) is 22.1. The molecule has 0 radical (unpaired) electrons. The molecule has 0 spiro atoms. The number of nitrogens with one attached hydrogen (secondary N) is 2. The third-order valence-electron chi connectivity index (χ3n) is 4.13. The Morgan fingerprint density at radius 1 is 1.10 bits per heavy atom. The van der Waals surface area contributed by atoms with E-state index < -0.39 is 18.0 Å². The van der Waals surface area contributed by atoms with Gasteiger partial charge in [0.1, 0.15) is 17.4 Å². The number of para-hydroxylation sites is 1. The van der Waals surface area contributed by atoms with Gasteiger partial charge in [-0.1, -0.05) is 12.1 Å². The summed E-state index contributed by atoms with van der Waals surface area (Å²) in [5.41, 5.74) is 1.58. The van der Waals surface area contributed by atoms with Gasteiger partial charge in [-0.05, 0) is 39.0 Å². The maximum Gasteiger partial charge on any atom is 0.573 e. The van der Waals surface area contributed by atoms with Gasteiger partial charge in [-0.25, -0.2) is 14.6 Å². The van der Waals surface area contributed by atoms with E-state index in [2.05, 4.69) is 30.4 Å². The minimum absolute atomic E-state index is 0.150. The molecule has 0 aliphatic carbocycles. The lowest BCUT2D eigenvalue weighted by atomic mass is 10.2. The Hall–Kier alpha value is -3.63.